The van der Waals surface area contributed by atoms with Crippen LogP contribution >= 0.6 is 23.2 Å². The topological polar surface area (TPSA) is 78.1 Å². The zero-order chi connectivity index (χ0) is 23.4. The minimum atomic E-state index is -0.188. The highest BCUT2D eigenvalue weighted by Gasteiger charge is 2.25. The summed E-state index contributed by atoms with van der Waals surface area (Å²) in [6, 6.07) is 15.0. The second kappa shape index (κ2) is 10.3. The van der Waals surface area contributed by atoms with Gasteiger partial charge in [0, 0.05) is 39.1 Å². The van der Waals surface area contributed by atoms with Crippen LogP contribution in [0, 0.1) is 11.3 Å². The molecule has 0 aliphatic carbocycles. The van der Waals surface area contributed by atoms with Crippen molar-refractivity contribution in [2.75, 3.05) is 26.2 Å². The van der Waals surface area contributed by atoms with Crippen molar-refractivity contribution in [3.05, 3.63) is 75.3 Å². The minimum Gasteiger partial charge on any atom is -0.335 e. The van der Waals surface area contributed by atoms with E-state index in [2.05, 4.69) is 21.1 Å². The Morgan fingerprint density at radius 2 is 1.79 bits per heavy atom. The van der Waals surface area contributed by atoms with Crippen molar-refractivity contribution in [3.8, 4) is 11.8 Å². The maximum Gasteiger partial charge on any atom is 0.293 e. The molecule has 170 valence electrons. The van der Waals surface area contributed by atoms with Crippen molar-refractivity contribution in [2.45, 2.75) is 26.3 Å². The van der Waals surface area contributed by atoms with E-state index in [0.717, 1.165) is 31.6 Å². The highest BCUT2D eigenvalue weighted by molar-refractivity contribution is 6.37. The number of benzene rings is 2. The van der Waals surface area contributed by atoms with E-state index in [4.69, 9.17) is 28.5 Å². The number of aromatic nitrogens is 3. The molecular weight excluding hydrogens is 459 g/mol. The zero-order valence-electron chi connectivity index (χ0n) is 18.3. The number of hydrogen-bond acceptors (Lipinski definition) is 5. The average Bonchev–Trinajstić information content (AvgIpc) is 3.10. The van der Waals surface area contributed by atoms with Gasteiger partial charge in [0.2, 0.25) is 5.82 Å². The molecule has 1 saturated heterocycles. The van der Waals surface area contributed by atoms with E-state index in [9.17, 15) is 4.79 Å². The molecule has 0 N–H and O–H groups in total. The van der Waals surface area contributed by atoms with Crippen molar-refractivity contribution in [2.24, 2.45) is 0 Å². The summed E-state index contributed by atoms with van der Waals surface area (Å²) in [5.74, 6) is 0.598. The van der Waals surface area contributed by atoms with Crippen LogP contribution < -0.4 is 0 Å². The first kappa shape index (κ1) is 23.2. The molecule has 0 spiro atoms. The van der Waals surface area contributed by atoms with Gasteiger partial charge in [0.05, 0.1) is 21.7 Å². The van der Waals surface area contributed by atoms with E-state index in [0.29, 0.717) is 46.6 Å². The van der Waals surface area contributed by atoms with Crippen LogP contribution in [0.25, 0.3) is 5.69 Å². The quantitative estimate of drug-likeness (QED) is 0.539. The highest BCUT2D eigenvalue weighted by atomic mass is 35.5. The van der Waals surface area contributed by atoms with Gasteiger partial charge >= 0.3 is 0 Å². The molecule has 0 atom stereocenters. The van der Waals surface area contributed by atoms with E-state index in [1.165, 1.54) is 0 Å². The Hall–Kier alpha value is -2.92. The molecule has 1 aliphatic rings. The number of hydrogen-bond donors (Lipinski definition) is 0. The lowest BCUT2D eigenvalue weighted by Gasteiger charge is -2.21. The molecule has 9 heteroatoms. The van der Waals surface area contributed by atoms with Crippen LogP contribution in [0.4, 0.5) is 0 Å². The number of aryl methyl sites for hydroxylation is 1. The number of amides is 1. The molecule has 1 aliphatic heterocycles. The fourth-order valence-corrected chi connectivity index (χ4v) is 4.51. The fourth-order valence-electron chi connectivity index (χ4n) is 3.95. The van der Waals surface area contributed by atoms with E-state index in [-0.39, 0.29) is 11.7 Å². The van der Waals surface area contributed by atoms with Crippen molar-refractivity contribution >= 4 is 29.1 Å². The maximum atomic E-state index is 13.2. The van der Waals surface area contributed by atoms with Gasteiger partial charge in [0.25, 0.3) is 5.91 Å². The normalized spacial score (nSPS) is 14.7. The number of nitrogens with zero attached hydrogens (tertiary/aromatic N) is 6. The molecule has 1 fully saturated rings. The molecule has 33 heavy (non-hydrogen) atoms. The van der Waals surface area contributed by atoms with E-state index in [1.807, 2.05) is 36.1 Å². The summed E-state index contributed by atoms with van der Waals surface area (Å²) in [6.07, 6.45) is 1.44. The van der Waals surface area contributed by atoms with E-state index < -0.39 is 0 Å². The minimum absolute atomic E-state index is 0.156. The van der Waals surface area contributed by atoms with Crippen LogP contribution in [0.15, 0.2) is 42.5 Å². The van der Waals surface area contributed by atoms with Crippen molar-refractivity contribution in [1.29, 1.82) is 5.26 Å². The molecule has 3 aromatic rings. The van der Waals surface area contributed by atoms with Gasteiger partial charge in [-0.2, -0.15) is 5.26 Å². The molecule has 0 bridgehead atoms. The van der Waals surface area contributed by atoms with Crippen molar-refractivity contribution in [1.82, 2.24) is 24.6 Å². The molecule has 2 aromatic carbocycles. The van der Waals surface area contributed by atoms with Crippen LogP contribution in [-0.4, -0.2) is 56.7 Å². The lowest BCUT2D eigenvalue weighted by molar-refractivity contribution is 0.0749. The Balaban J connectivity index is 1.47. The number of halogens is 2. The third-order valence-electron chi connectivity index (χ3n) is 5.70. The molecule has 0 unspecified atom stereocenters. The molecular formula is C24H24Cl2N6O. The Morgan fingerprint density at radius 3 is 2.45 bits per heavy atom. The first-order valence-corrected chi connectivity index (χ1v) is 11.7. The third-order valence-corrected chi connectivity index (χ3v) is 6.31. The molecule has 0 saturated carbocycles. The molecule has 1 aromatic heterocycles. The van der Waals surface area contributed by atoms with Gasteiger partial charge < -0.3 is 4.90 Å². The van der Waals surface area contributed by atoms with Crippen LogP contribution in [0.3, 0.4) is 0 Å². The van der Waals surface area contributed by atoms with Crippen LogP contribution in [-0.2, 0) is 13.0 Å². The smallest absolute Gasteiger partial charge is 0.293 e. The summed E-state index contributed by atoms with van der Waals surface area (Å²) >= 11 is 12.7. The molecule has 0 radical (unpaired) electrons. The molecule has 4 rings (SSSR count). The highest BCUT2D eigenvalue weighted by Crippen LogP contribution is 2.29. The summed E-state index contributed by atoms with van der Waals surface area (Å²) < 4.78 is 1.58. The number of rotatable bonds is 5. The predicted octanol–water partition coefficient (Wildman–Crippen LogP) is 4.36. The lowest BCUT2D eigenvalue weighted by Crippen LogP contribution is -2.35. The fraction of sp³-hybridized carbons (Fsp3) is 0.333. The second-order valence-corrected chi connectivity index (χ2v) is 8.73. The summed E-state index contributed by atoms with van der Waals surface area (Å²) in [5, 5.41) is 14.4. The Labute approximate surface area is 203 Å². The third kappa shape index (κ3) is 5.19. The molecule has 1 amide bonds. The zero-order valence-corrected chi connectivity index (χ0v) is 19.9. The van der Waals surface area contributed by atoms with E-state index >= 15 is 0 Å². The number of nitriles is 1. The van der Waals surface area contributed by atoms with E-state index in [1.54, 1.807) is 22.9 Å². The van der Waals surface area contributed by atoms with Gasteiger partial charge in [0.15, 0.2) is 0 Å². The van der Waals surface area contributed by atoms with Crippen molar-refractivity contribution < 1.29 is 4.79 Å². The van der Waals surface area contributed by atoms with Crippen LogP contribution in [0.2, 0.25) is 10.0 Å². The summed E-state index contributed by atoms with van der Waals surface area (Å²) in [4.78, 5) is 21.9. The summed E-state index contributed by atoms with van der Waals surface area (Å²) in [5.41, 5.74) is 2.34. The van der Waals surface area contributed by atoms with Gasteiger partial charge in [-0.15, -0.1) is 5.10 Å². The van der Waals surface area contributed by atoms with Crippen molar-refractivity contribution in [3.63, 3.8) is 0 Å². The number of carbonyl (C=O) groups is 1. The van der Waals surface area contributed by atoms with Crippen LogP contribution in [0.5, 0.6) is 0 Å². The second-order valence-electron chi connectivity index (χ2n) is 7.92. The van der Waals surface area contributed by atoms with Gasteiger partial charge in [-0.05, 0) is 36.2 Å². The van der Waals surface area contributed by atoms with Gasteiger partial charge in [0.1, 0.15) is 11.5 Å². The van der Waals surface area contributed by atoms with Gasteiger partial charge in [-0.25, -0.2) is 9.67 Å². The monoisotopic (exact) mass is 482 g/mol. The Kier molecular flexibility index (Phi) is 7.29. The number of para-hydroxylation sites is 1. The van der Waals surface area contributed by atoms with Crippen LogP contribution in [0.1, 0.15) is 40.9 Å². The Bertz CT molecular complexity index is 1160. The first-order valence-electron chi connectivity index (χ1n) is 10.9. The predicted molar refractivity (Wildman–Crippen MR) is 128 cm³/mol. The number of carbonyl (C=O) groups excluding carboxylic acids is 1. The van der Waals surface area contributed by atoms with Gasteiger partial charge in [-0.1, -0.05) is 48.3 Å². The largest absolute Gasteiger partial charge is 0.335 e. The Morgan fingerprint density at radius 1 is 1.06 bits per heavy atom. The standard InChI is InChI=1S/C24H24Cl2N6O/c1-2-21-28-23(29-32(21)22-19(25)5-3-6-20(22)26)24(33)31-12-4-11-30(13-14-31)16-18-9-7-17(15-27)8-10-18/h3,5-10H,2,4,11-14,16H2,1H3. The lowest BCUT2D eigenvalue weighted by atomic mass is 10.1. The average molecular weight is 483 g/mol. The summed E-state index contributed by atoms with van der Waals surface area (Å²) in [7, 11) is 0. The molecule has 2 heterocycles. The SMILES string of the molecule is CCc1nc(C(=O)N2CCCN(Cc3ccc(C#N)cc3)CC2)nn1-c1c(Cl)cccc1Cl. The maximum absolute atomic E-state index is 13.2. The van der Waals surface area contributed by atoms with Gasteiger partial charge in [-0.3, -0.25) is 9.69 Å². The first-order chi connectivity index (χ1) is 16.0. The summed E-state index contributed by atoms with van der Waals surface area (Å²) in [6.45, 7) is 5.62. The molecule has 7 nitrogen and oxygen atoms in total.